The molecule has 1 heterocycles. The summed E-state index contributed by atoms with van der Waals surface area (Å²) in [7, 11) is 0. The third-order valence-corrected chi connectivity index (χ3v) is 2.72. The summed E-state index contributed by atoms with van der Waals surface area (Å²) in [5.41, 5.74) is -0.893. The maximum Gasteiger partial charge on any atom is 0.411 e. The van der Waals surface area contributed by atoms with Crippen molar-refractivity contribution >= 4 is 17.4 Å². The Morgan fingerprint density at radius 1 is 1.14 bits per heavy atom. The van der Waals surface area contributed by atoms with E-state index in [1.54, 1.807) is 0 Å². The number of carbonyl (C=O) groups is 2. The molecule has 0 unspecified atom stereocenters. The molecule has 0 aromatic heterocycles. The number of Topliss-reactive ketones (excluding diaryl/α,β-unsaturated/α-hetero) is 1. The molecular formula is C12H8F5NO3. The van der Waals surface area contributed by atoms with Crippen molar-refractivity contribution in [3.63, 3.8) is 0 Å². The summed E-state index contributed by atoms with van der Waals surface area (Å²) >= 11 is 0. The number of anilines is 1. The molecule has 4 nitrogen and oxygen atoms in total. The smallest absolute Gasteiger partial charge is 0.370 e. The molecule has 1 aliphatic heterocycles. The van der Waals surface area contributed by atoms with Gasteiger partial charge in [0.2, 0.25) is 0 Å². The van der Waals surface area contributed by atoms with Crippen molar-refractivity contribution in [1.29, 1.82) is 0 Å². The number of rotatable bonds is 4. The molecule has 114 valence electrons. The number of carbonyl (C=O) groups excluding carboxylic acids is 2. The minimum absolute atomic E-state index is 0.307. The number of halogens is 5. The molecule has 0 saturated carbocycles. The first-order valence-electron chi connectivity index (χ1n) is 5.70. The molecule has 0 spiro atoms. The lowest BCUT2D eigenvalue weighted by Crippen LogP contribution is -2.33. The highest BCUT2D eigenvalue weighted by Crippen LogP contribution is 2.31. The third kappa shape index (κ3) is 3.18. The molecule has 9 heteroatoms. The SMILES string of the molecule is O=C1C(=O)N(CCOCC(F)(F)F)c2cc(F)cc(F)c21. The summed E-state index contributed by atoms with van der Waals surface area (Å²) in [6.45, 7) is -2.47. The van der Waals surface area contributed by atoms with Crippen LogP contribution < -0.4 is 4.90 Å². The Bertz CT molecular complexity index is 599. The molecule has 0 radical (unpaired) electrons. The van der Waals surface area contributed by atoms with Crippen molar-refractivity contribution in [2.24, 2.45) is 0 Å². The Hall–Kier alpha value is -2.03. The van der Waals surface area contributed by atoms with Gasteiger partial charge in [-0.25, -0.2) is 8.78 Å². The lowest BCUT2D eigenvalue weighted by Gasteiger charge is -2.17. The second-order valence-corrected chi connectivity index (χ2v) is 4.24. The van der Waals surface area contributed by atoms with Gasteiger partial charge in [0.15, 0.2) is 0 Å². The van der Waals surface area contributed by atoms with Crippen LogP contribution in [0.2, 0.25) is 0 Å². The highest BCUT2D eigenvalue weighted by molar-refractivity contribution is 6.52. The van der Waals surface area contributed by atoms with Crippen molar-refractivity contribution in [3.05, 3.63) is 29.3 Å². The highest BCUT2D eigenvalue weighted by atomic mass is 19.4. The van der Waals surface area contributed by atoms with Gasteiger partial charge in [0, 0.05) is 12.6 Å². The van der Waals surface area contributed by atoms with Gasteiger partial charge in [-0.1, -0.05) is 0 Å². The maximum absolute atomic E-state index is 13.5. The number of hydrogen-bond acceptors (Lipinski definition) is 3. The second kappa shape index (κ2) is 5.40. The average molecular weight is 309 g/mol. The van der Waals surface area contributed by atoms with Crippen molar-refractivity contribution < 1.29 is 36.3 Å². The molecule has 0 fully saturated rings. The van der Waals surface area contributed by atoms with E-state index in [1.807, 2.05) is 0 Å². The normalized spacial score (nSPS) is 14.8. The van der Waals surface area contributed by atoms with Crippen LogP contribution in [-0.4, -0.2) is 37.6 Å². The number of fused-ring (bicyclic) bond motifs is 1. The Morgan fingerprint density at radius 2 is 1.81 bits per heavy atom. The van der Waals surface area contributed by atoms with E-state index in [0.29, 0.717) is 11.0 Å². The summed E-state index contributed by atoms with van der Waals surface area (Å²) in [4.78, 5) is 23.9. The third-order valence-electron chi connectivity index (χ3n) is 2.72. The van der Waals surface area contributed by atoms with Crippen molar-refractivity contribution in [2.75, 3.05) is 24.7 Å². The molecule has 1 amide bonds. The number of benzene rings is 1. The summed E-state index contributed by atoms with van der Waals surface area (Å²) in [6.07, 6.45) is -4.53. The Morgan fingerprint density at radius 3 is 2.43 bits per heavy atom. The fourth-order valence-electron chi connectivity index (χ4n) is 1.90. The molecule has 21 heavy (non-hydrogen) atoms. The molecule has 0 saturated heterocycles. The first-order valence-corrected chi connectivity index (χ1v) is 5.70. The van der Waals surface area contributed by atoms with E-state index in [4.69, 9.17) is 0 Å². The number of ether oxygens (including phenoxy) is 1. The van der Waals surface area contributed by atoms with E-state index in [9.17, 15) is 31.5 Å². The van der Waals surface area contributed by atoms with Crippen LogP contribution in [0.15, 0.2) is 12.1 Å². The summed E-state index contributed by atoms with van der Waals surface area (Å²) < 4.78 is 66.5. The average Bonchev–Trinajstić information content (AvgIpc) is 2.57. The summed E-state index contributed by atoms with van der Waals surface area (Å²) in [6, 6.07) is 1.22. The van der Waals surface area contributed by atoms with Crippen LogP contribution in [0, 0.1) is 11.6 Å². The number of amides is 1. The predicted molar refractivity (Wildman–Crippen MR) is 59.9 cm³/mol. The van der Waals surface area contributed by atoms with Gasteiger partial charge in [-0.05, 0) is 6.07 Å². The molecule has 0 aliphatic carbocycles. The summed E-state index contributed by atoms with van der Waals surface area (Å²) in [5.74, 6) is -4.50. The standard InChI is InChI=1S/C12H8F5NO3/c13-6-3-7(14)9-8(4-6)18(11(20)10(9)19)1-2-21-5-12(15,16)17/h3-4H,1-2,5H2. The van der Waals surface area contributed by atoms with Crippen LogP contribution in [0.3, 0.4) is 0 Å². The van der Waals surface area contributed by atoms with Gasteiger partial charge in [-0.3, -0.25) is 9.59 Å². The van der Waals surface area contributed by atoms with E-state index in [0.717, 1.165) is 6.07 Å². The van der Waals surface area contributed by atoms with Crippen LogP contribution in [0.4, 0.5) is 27.6 Å². The van der Waals surface area contributed by atoms with E-state index in [2.05, 4.69) is 4.74 Å². The Balaban J connectivity index is 2.12. The lowest BCUT2D eigenvalue weighted by atomic mass is 10.1. The van der Waals surface area contributed by atoms with Crippen molar-refractivity contribution in [1.82, 2.24) is 0 Å². The molecule has 0 bridgehead atoms. The molecule has 2 rings (SSSR count). The molecule has 0 atom stereocenters. The van der Waals surface area contributed by atoms with E-state index in [1.165, 1.54) is 0 Å². The van der Waals surface area contributed by atoms with Gasteiger partial charge in [0.05, 0.1) is 17.9 Å². The van der Waals surface area contributed by atoms with Crippen LogP contribution in [-0.2, 0) is 9.53 Å². The molecule has 1 aromatic carbocycles. The first-order chi connectivity index (χ1) is 9.70. The number of ketones is 1. The number of alkyl halides is 3. The van der Waals surface area contributed by atoms with Gasteiger partial charge in [-0.15, -0.1) is 0 Å². The van der Waals surface area contributed by atoms with Crippen LogP contribution in [0.25, 0.3) is 0 Å². The van der Waals surface area contributed by atoms with E-state index >= 15 is 0 Å². The van der Waals surface area contributed by atoms with E-state index in [-0.39, 0.29) is 5.69 Å². The van der Waals surface area contributed by atoms with Crippen LogP contribution in [0.1, 0.15) is 10.4 Å². The van der Waals surface area contributed by atoms with Gasteiger partial charge in [0.25, 0.3) is 11.7 Å². The lowest BCUT2D eigenvalue weighted by molar-refractivity contribution is -0.173. The van der Waals surface area contributed by atoms with E-state index < -0.39 is 54.8 Å². The number of nitrogens with zero attached hydrogens (tertiary/aromatic N) is 1. The quantitative estimate of drug-likeness (QED) is 0.486. The Kier molecular flexibility index (Phi) is 3.95. The zero-order valence-electron chi connectivity index (χ0n) is 10.3. The summed E-state index contributed by atoms with van der Waals surface area (Å²) in [5, 5.41) is 0. The minimum Gasteiger partial charge on any atom is -0.370 e. The predicted octanol–water partition coefficient (Wildman–Crippen LogP) is 2.07. The molecule has 1 aromatic rings. The Labute approximate surface area is 115 Å². The van der Waals surface area contributed by atoms with Gasteiger partial charge in [-0.2, -0.15) is 13.2 Å². The molecular weight excluding hydrogens is 301 g/mol. The largest absolute Gasteiger partial charge is 0.411 e. The van der Waals surface area contributed by atoms with Gasteiger partial charge in [0.1, 0.15) is 18.2 Å². The van der Waals surface area contributed by atoms with Crippen molar-refractivity contribution in [3.8, 4) is 0 Å². The highest BCUT2D eigenvalue weighted by Gasteiger charge is 2.38. The first kappa shape index (κ1) is 15.4. The van der Waals surface area contributed by atoms with Crippen LogP contribution >= 0.6 is 0 Å². The minimum atomic E-state index is -4.53. The topological polar surface area (TPSA) is 46.6 Å². The molecule has 1 aliphatic rings. The number of hydrogen-bond donors (Lipinski definition) is 0. The zero-order chi connectivity index (χ0) is 15.8. The van der Waals surface area contributed by atoms with Gasteiger partial charge >= 0.3 is 6.18 Å². The maximum atomic E-state index is 13.5. The van der Waals surface area contributed by atoms with Gasteiger partial charge < -0.3 is 9.64 Å². The van der Waals surface area contributed by atoms with Crippen LogP contribution in [0.5, 0.6) is 0 Å². The van der Waals surface area contributed by atoms with Crippen molar-refractivity contribution in [2.45, 2.75) is 6.18 Å². The monoisotopic (exact) mass is 309 g/mol. The fourth-order valence-corrected chi connectivity index (χ4v) is 1.90. The fraction of sp³-hybridized carbons (Fsp3) is 0.333. The zero-order valence-corrected chi connectivity index (χ0v) is 10.3. The molecule has 0 N–H and O–H groups in total. The second-order valence-electron chi connectivity index (χ2n) is 4.24.